The van der Waals surface area contributed by atoms with Crippen LogP contribution in [0.15, 0.2) is 53.2 Å². The van der Waals surface area contributed by atoms with Crippen LogP contribution in [0.4, 0.5) is 5.69 Å². The third kappa shape index (κ3) is 2.67. The number of methoxy groups -OCH3 is 1. The molecule has 0 spiro atoms. The van der Waals surface area contributed by atoms with Gasteiger partial charge in [-0.25, -0.2) is 0 Å². The maximum Gasteiger partial charge on any atom is 0.291 e. The van der Waals surface area contributed by atoms with E-state index < -0.39 is 0 Å². The minimum Gasteiger partial charge on any atom is -0.494 e. The van der Waals surface area contributed by atoms with Crippen molar-refractivity contribution in [2.24, 2.45) is 0 Å². The van der Waals surface area contributed by atoms with Crippen molar-refractivity contribution in [3.8, 4) is 11.4 Å². The zero-order valence-corrected chi connectivity index (χ0v) is 14.1. The smallest absolute Gasteiger partial charge is 0.291 e. The number of carbonyl (C=O) groups excluding carboxylic acids is 1. The van der Waals surface area contributed by atoms with Gasteiger partial charge in [0.05, 0.1) is 7.11 Å². The summed E-state index contributed by atoms with van der Waals surface area (Å²) in [6.45, 7) is 1.86. The molecule has 0 unspecified atom stereocenters. The first kappa shape index (κ1) is 15.8. The van der Waals surface area contributed by atoms with Crippen molar-refractivity contribution in [2.75, 3.05) is 12.4 Å². The highest BCUT2D eigenvalue weighted by molar-refractivity contribution is 6.06. The summed E-state index contributed by atoms with van der Waals surface area (Å²) >= 11 is 0. The number of hydrogen-bond donors (Lipinski definition) is 1. The van der Waals surface area contributed by atoms with Gasteiger partial charge in [0, 0.05) is 16.6 Å². The van der Waals surface area contributed by atoms with Gasteiger partial charge in [-0.2, -0.15) is 4.68 Å². The lowest BCUT2D eigenvalue weighted by Crippen LogP contribution is -2.12. The first-order valence-corrected chi connectivity index (χ1v) is 7.88. The van der Waals surface area contributed by atoms with E-state index in [0.717, 1.165) is 10.9 Å². The molecule has 8 nitrogen and oxygen atoms in total. The fourth-order valence-electron chi connectivity index (χ4n) is 2.80. The van der Waals surface area contributed by atoms with Crippen molar-refractivity contribution >= 4 is 22.6 Å². The number of aryl methyl sites for hydroxylation is 1. The first-order chi connectivity index (χ1) is 12.7. The summed E-state index contributed by atoms with van der Waals surface area (Å²) in [5, 5.41) is 14.9. The number of aromatic nitrogens is 4. The Morgan fingerprint density at radius 2 is 2.08 bits per heavy atom. The number of rotatable bonds is 4. The van der Waals surface area contributed by atoms with Gasteiger partial charge in [-0.3, -0.25) is 4.79 Å². The standard InChI is InChI=1S/C18H15N5O3/c1-11-13-5-3-4-6-15(13)26-17(11)18(24)20-12-7-8-16(25-2)14(9-12)23-10-19-21-22-23/h3-10H,1-2H3,(H,20,24). The summed E-state index contributed by atoms with van der Waals surface area (Å²) in [5.74, 6) is 0.535. The predicted octanol–water partition coefficient (Wildman–Crippen LogP) is 2.98. The second kappa shape index (κ2) is 6.32. The third-order valence-corrected chi connectivity index (χ3v) is 4.08. The fourth-order valence-corrected chi connectivity index (χ4v) is 2.80. The molecule has 0 aliphatic rings. The Labute approximate surface area is 148 Å². The van der Waals surface area contributed by atoms with Gasteiger partial charge >= 0.3 is 0 Å². The number of furan rings is 1. The highest BCUT2D eigenvalue weighted by atomic mass is 16.5. The SMILES string of the molecule is COc1ccc(NC(=O)c2oc3ccccc3c2C)cc1-n1cnnn1. The van der Waals surface area contributed by atoms with Gasteiger partial charge in [-0.15, -0.1) is 5.10 Å². The van der Waals surface area contributed by atoms with Crippen molar-refractivity contribution in [3.05, 3.63) is 60.1 Å². The van der Waals surface area contributed by atoms with Crippen LogP contribution < -0.4 is 10.1 Å². The van der Waals surface area contributed by atoms with E-state index in [-0.39, 0.29) is 11.7 Å². The van der Waals surface area contributed by atoms with Crippen molar-refractivity contribution in [1.29, 1.82) is 0 Å². The maximum absolute atomic E-state index is 12.7. The topological polar surface area (TPSA) is 95.1 Å². The number of nitrogens with zero attached hydrogens (tertiary/aromatic N) is 4. The Morgan fingerprint density at radius 3 is 2.81 bits per heavy atom. The zero-order valence-electron chi connectivity index (χ0n) is 14.1. The van der Waals surface area contributed by atoms with Gasteiger partial charge in [0.25, 0.3) is 5.91 Å². The number of fused-ring (bicyclic) bond motifs is 1. The molecule has 4 rings (SSSR count). The van der Waals surface area contributed by atoms with Gasteiger partial charge in [-0.05, 0) is 41.6 Å². The van der Waals surface area contributed by atoms with E-state index in [2.05, 4.69) is 20.8 Å². The Kier molecular flexibility index (Phi) is 3.85. The Balaban J connectivity index is 1.67. The van der Waals surface area contributed by atoms with Crippen molar-refractivity contribution < 1.29 is 13.9 Å². The number of ether oxygens (including phenoxy) is 1. The highest BCUT2D eigenvalue weighted by Gasteiger charge is 2.18. The summed E-state index contributed by atoms with van der Waals surface area (Å²) in [7, 11) is 1.55. The van der Waals surface area contributed by atoms with Crippen LogP contribution in [0.5, 0.6) is 5.75 Å². The predicted molar refractivity (Wildman–Crippen MR) is 94.6 cm³/mol. The molecule has 0 aliphatic carbocycles. The lowest BCUT2D eigenvalue weighted by Gasteiger charge is -2.10. The Hall–Kier alpha value is -3.68. The second-order valence-corrected chi connectivity index (χ2v) is 5.65. The van der Waals surface area contributed by atoms with Crippen molar-refractivity contribution in [1.82, 2.24) is 20.2 Å². The molecule has 130 valence electrons. The average Bonchev–Trinajstić information content (AvgIpc) is 3.30. The molecule has 2 aromatic carbocycles. The Morgan fingerprint density at radius 1 is 1.23 bits per heavy atom. The molecule has 2 heterocycles. The molecular weight excluding hydrogens is 334 g/mol. The molecule has 26 heavy (non-hydrogen) atoms. The molecule has 8 heteroatoms. The first-order valence-electron chi connectivity index (χ1n) is 7.88. The number of hydrogen-bond acceptors (Lipinski definition) is 6. The molecule has 1 N–H and O–H groups in total. The number of carbonyl (C=O) groups is 1. The number of benzene rings is 2. The van der Waals surface area contributed by atoms with Gasteiger partial charge in [-0.1, -0.05) is 18.2 Å². The molecule has 4 aromatic rings. The summed E-state index contributed by atoms with van der Waals surface area (Å²) in [6, 6.07) is 12.7. The molecule has 0 fully saturated rings. The molecule has 0 saturated carbocycles. The van der Waals surface area contributed by atoms with Gasteiger partial charge in [0.2, 0.25) is 0 Å². The second-order valence-electron chi connectivity index (χ2n) is 5.65. The molecule has 0 atom stereocenters. The third-order valence-electron chi connectivity index (χ3n) is 4.08. The molecule has 0 bridgehead atoms. The van der Waals surface area contributed by atoms with E-state index in [1.807, 2.05) is 31.2 Å². The summed E-state index contributed by atoms with van der Waals surface area (Å²) < 4.78 is 12.5. The molecule has 0 radical (unpaired) electrons. The van der Waals surface area contributed by atoms with Crippen LogP contribution in [0.25, 0.3) is 16.7 Å². The Bertz CT molecular complexity index is 1090. The van der Waals surface area contributed by atoms with E-state index >= 15 is 0 Å². The summed E-state index contributed by atoms with van der Waals surface area (Å²) in [4.78, 5) is 12.7. The van der Waals surface area contributed by atoms with Crippen LogP contribution in [-0.4, -0.2) is 33.2 Å². The van der Waals surface area contributed by atoms with Crippen LogP contribution in [0, 0.1) is 6.92 Å². The largest absolute Gasteiger partial charge is 0.494 e. The highest BCUT2D eigenvalue weighted by Crippen LogP contribution is 2.28. The number of tetrazole rings is 1. The van der Waals surface area contributed by atoms with Crippen LogP contribution in [-0.2, 0) is 0 Å². The van der Waals surface area contributed by atoms with E-state index in [9.17, 15) is 4.79 Å². The van der Waals surface area contributed by atoms with E-state index in [0.29, 0.717) is 22.7 Å². The van der Waals surface area contributed by atoms with Crippen molar-refractivity contribution in [3.63, 3.8) is 0 Å². The maximum atomic E-state index is 12.7. The molecule has 1 amide bonds. The van der Waals surface area contributed by atoms with E-state index in [4.69, 9.17) is 9.15 Å². The number of para-hydroxylation sites is 1. The zero-order chi connectivity index (χ0) is 18.1. The minimum atomic E-state index is -0.327. The molecule has 0 aliphatic heterocycles. The van der Waals surface area contributed by atoms with Gasteiger partial charge < -0.3 is 14.5 Å². The summed E-state index contributed by atoms with van der Waals surface area (Å²) in [6.07, 6.45) is 1.45. The van der Waals surface area contributed by atoms with Crippen LogP contribution in [0.1, 0.15) is 16.1 Å². The van der Waals surface area contributed by atoms with Crippen LogP contribution >= 0.6 is 0 Å². The molecule has 0 saturated heterocycles. The van der Waals surface area contributed by atoms with Crippen LogP contribution in [0.3, 0.4) is 0 Å². The van der Waals surface area contributed by atoms with Crippen LogP contribution in [0.2, 0.25) is 0 Å². The lowest BCUT2D eigenvalue weighted by molar-refractivity contribution is 0.0998. The fraction of sp³-hybridized carbons (Fsp3) is 0.111. The van der Waals surface area contributed by atoms with Gasteiger partial charge in [0.1, 0.15) is 23.3 Å². The van der Waals surface area contributed by atoms with E-state index in [1.54, 1.807) is 25.3 Å². The molecule has 2 aromatic heterocycles. The number of amides is 1. The van der Waals surface area contributed by atoms with E-state index in [1.165, 1.54) is 11.0 Å². The lowest BCUT2D eigenvalue weighted by atomic mass is 10.1. The summed E-state index contributed by atoms with van der Waals surface area (Å²) in [5.41, 5.74) is 2.66. The molecular formula is C18H15N5O3. The van der Waals surface area contributed by atoms with Crippen molar-refractivity contribution in [2.45, 2.75) is 6.92 Å². The monoisotopic (exact) mass is 349 g/mol. The minimum absolute atomic E-state index is 0.283. The number of nitrogens with one attached hydrogen (secondary N) is 1. The number of anilines is 1. The normalized spacial score (nSPS) is 10.8. The van der Waals surface area contributed by atoms with Gasteiger partial charge in [0.15, 0.2) is 5.76 Å². The quantitative estimate of drug-likeness (QED) is 0.608. The average molecular weight is 349 g/mol.